The van der Waals surface area contributed by atoms with Gasteiger partial charge in [0, 0.05) is 11.3 Å². The standard InChI is InChI=1S/C17H22N4/c1-17(2,3)15-19-14(20-16(18)21-15)13-9-8-11-6-4-5-7-12(11)10-13/h4-7,13H,8-10H2,1-3H3,(H2,18,19,20,21). The highest BCUT2D eigenvalue weighted by molar-refractivity contribution is 5.32. The summed E-state index contributed by atoms with van der Waals surface area (Å²) in [7, 11) is 0. The van der Waals surface area contributed by atoms with Gasteiger partial charge < -0.3 is 5.73 Å². The molecule has 0 spiro atoms. The van der Waals surface area contributed by atoms with Crippen LogP contribution in [0, 0.1) is 0 Å². The molecule has 1 aliphatic rings. The summed E-state index contributed by atoms with van der Waals surface area (Å²) >= 11 is 0. The lowest BCUT2D eigenvalue weighted by Crippen LogP contribution is -2.22. The minimum atomic E-state index is -0.113. The van der Waals surface area contributed by atoms with E-state index in [-0.39, 0.29) is 5.41 Å². The van der Waals surface area contributed by atoms with E-state index in [0.717, 1.165) is 30.9 Å². The van der Waals surface area contributed by atoms with Crippen LogP contribution in [-0.2, 0) is 18.3 Å². The van der Waals surface area contributed by atoms with Gasteiger partial charge in [-0.3, -0.25) is 0 Å². The van der Waals surface area contributed by atoms with Crippen molar-refractivity contribution < 1.29 is 0 Å². The molecule has 1 atom stereocenters. The lowest BCUT2D eigenvalue weighted by atomic mass is 9.83. The van der Waals surface area contributed by atoms with Crippen LogP contribution >= 0.6 is 0 Å². The fourth-order valence-electron chi connectivity index (χ4n) is 2.85. The maximum absolute atomic E-state index is 5.90. The van der Waals surface area contributed by atoms with Crippen LogP contribution in [0.15, 0.2) is 24.3 Å². The van der Waals surface area contributed by atoms with Crippen LogP contribution in [0.2, 0.25) is 0 Å². The zero-order valence-electron chi connectivity index (χ0n) is 12.9. The highest BCUT2D eigenvalue weighted by Crippen LogP contribution is 2.31. The Morgan fingerprint density at radius 1 is 1.05 bits per heavy atom. The summed E-state index contributed by atoms with van der Waals surface area (Å²) in [5.41, 5.74) is 8.64. The smallest absolute Gasteiger partial charge is 0.223 e. The third-order valence-corrected chi connectivity index (χ3v) is 4.05. The van der Waals surface area contributed by atoms with Crippen molar-refractivity contribution in [2.45, 2.75) is 51.4 Å². The molecule has 0 radical (unpaired) electrons. The van der Waals surface area contributed by atoms with Crippen molar-refractivity contribution in [2.24, 2.45) is 0 Å². The van der Waals surface area contributed by atoms with Gasteiger partial charge in [-0.25, -0.2) is 4.98 Å². The summed E-state index contributed by atoms with van der Waals surface area (Å²) in [5.74, 6) is 2.31. The lowest BCUT2D eigenvalue weighted by Gasteiger charge is -2.25. The van der Waals surface area contributed by atoms with E-state index < -0.39 is 0 Å². The Labute approximate surface area is 125 Å². The van der Waals surface area contributed by atoms with Crippen molar-refractivity contribution in [1.29, 1.82) is 0 Å². The Hall–Kier alpha value is -1.97. The molecule has 0 fully saturated rings. The quantitative estimate of drug-likeness (QED) is 0.873. The molecule has 3 rings (SSSR count). The average Bonchev–Trinajstić information content (AvgIpc) is 2.45. The summed E-state index contributed by atoms with van der Waals surface area (Å²) in [5, 5.41) is 0. The van der Waals surface area contributed by atoms with Gasteiger partial charge in [-0.2, -0.15) is 9.97 Å². The lowest BCUT2D eigenvalue weighted by molar-refractivity contribution is 0.509. The van der Waals surface area contributed by atoms with E-state index in [9.17, 15) is 0 Å². The van der Waals surface area contributed by atoms with Crippen LogP contribution in [-0.4, -0.2) is 15.0 Å². The second-order valence-corrected chi connectivity index (χ2v) is 6.83. The number of benzene rings is 1. The molecule has 1 unspecified atom stereocenters. The van der Waals surface area contributed by atoms with Gasteiger partial charge in [0.25, 0.3) is 0 Å². The van der Waals surface area contributed by atoms with Crippen molar-refractivity contribution in [3.05, 3.63) is 47.0 Å². The molecule has 2 N–H and O–H groups in total. The highest BCUT2D eigenvalue weighted by atomic mass is 15.1. The molecule has 1 aromatic heterocycles. The fraction of sp³-hybridized carbons (Fsp3) is 0.471. The number of hydrogen-bond acceptors (Lipinski definition) is 4. The van der Waals surface area contributed by atoms with Gasteiger partial charge in [-0.1, -0.05) is 45.0 Å². The summed E-state index contributed by atoms with van der Waals surface area (Å²) in [6.45, 7) is 6.30. The molecule has 0 bridgehead atoms. The van der Waals surface area contributed by atoms with Gasteiger partial charge in [0.15, 0.2) is 0 Å². The average molecular weight is 282 g/mol. The second kappa shape index (κ2) is 5.10. The second-order valence-electron chi connectivity index (χ2n) is 6.83. The first-order valence-electron chi connectivity index (χ1n) is 7.52. The molecule has 4 heteroatoms. The van der Waals surface area contributed by atoms with Crippen LogP contribution in [0.25, 0.3) is 0 Å². The normalized spacial score (nSPS) is 18.3. The number of aryl methyl sites for hydroxylation is 1. The number of anilines is 1. The molecule has 0 aliphatic heterocycles. The summed E-state index contributed by atoms with van der Waals surface area (Å²) < 4.78 is 0. The van der Waals surface area contributed by atoms with E-state index >= 15 is 0 Å². The molecular weight excluding hydrogens is 260 g/mol. The topological polar surface area (TPSA) is 64.7 Å². The molecule has 0 saturated carbocycles. The van der Waals surface area contributed by atoms with Gasteiger partial charge in [0.05, 0.1) is 0 Å². The number of nitrogens with two attached hydrogens (primary N) is 1. The Morgan fingerprint density at radius 3 is 2.48 bits per heavy atom. The van der Waals surface area contributed by atoms with E-state index in [2.05, 4.69) is 55.0 Å². The van der Waals surface area contributed by atoms with Crippen LogP contribution in [0.3, 0.4) is 0 Å². The van der Waals surface area contributed by atoms with Crippen molar-refractivity contribution >= 4 is 5.95 Å². The van der Waals surface area contributed by atoms with Crippen molar-refractivity contribution in [3.63, 3.8) is 0 Å². The molecule has 1 aromatic carbocycles. The van der Waals surface area contributed by atoms with Crippen LogP contribution in [0.1, 0.15) is 55.9 Å². The fourth-order valence-corrected chi connectivity index (χ4v) is 2.85. The van der Waals surface area contributed by atoms with Gasteiger partial charge >= 0.3 is 0 Å². The van der Waals surface area contributed by atoms with Crippen molar-refractivity contribution in [1.82, 2.24) is 15.0 Å². The van der Waals surface area contributed by atoms with Crippen molar-refractivity contribution in [2.75, 3.05) is 5.73 Å². The first kappa shape index (κ1) is 14.0. The maximum Gasteiger partial charge on any atom is 0.223 e. The highest BCUT2D eigenvalue weighted by Gasteiger charge is 2.25. The number of fused-ring (bicyclic) bond motifs is 1. The first-order valence-corrected chi connectivity index (χ1v) is 7.52. The summed E-state index contributed by atoms with van der Waals surface area (Å²) in [6.07, 6.45) is 3.14. The summed E-state index contributed by atoms with van der Waals surface area (Å²) in [6, 6.07) is 8.63. The van der Waals surface area contributed by atoms with E-state index in [1.165, 1.54) is 11.1 Å². The number of rotatable bonds is 1. The SMILES string of the molecule is CC(C)(C)c1nc(N)nc(C2CCc3ccccc3C2)n1. The minimum Gasteiger partial charge on any atom is -0.368 e. The molecule has 2 aromatic rings. The molecule has 4 nitrogen and oxygen atoms in total. The predicted octanol–water partition coefficient (Wildman–Crippen LogP) is 3.02. The monoisotopic (exact) mass is 282 g/mol. The molecule has 0 saturated heterocycles. The number of hydrogen-bond donors (Lipinski definition) is 1. The van der Waals surface area contributed by atoms with Gasteiger partial charge in [0.2, 0.25) is 5.95 Å². The Kier molecular flexibility index (Phi) is 3.40. The molecule has 0 amide bonds. The number of aromatic nitrogens is 3. The Balaban J connectivity index is 1.94. The number of nitrogen functional groups attached to an aromatic ring is 1. The zero-order valence-corrected chi connectivity index (χ0v) is 12.9. The Morgan fingerprint density at radius 2 is 1.76 bits per heavy atom. The molecule has 21 heavy (non-hydrogen) atoms. The first-order chi connectivity index (χ1) is 9.93. The van der Waals surface area contributed by atoms with Crippen LogP contribution in [0.5, 0.6) is 0 Å². The van der Waals surface area contributed by atoms with Crippen LogP contribution in [0.4, 0.5) is 5.95 Å². The van der Waals surface area contributed by atoms with E-state index in [4.69, 9.17) is 10.7 Å². The Bertz CT molecular complexity index is 658. The minimum absolute atomic E-state index is 0.113. The zero-order chi connectivity index (χ0) is 15.0. The molecule has 1 aliphatic carbocycles. The summed E-state index contributed by atoms with van der Waals surface area (Å²) in [4.78, 5) is 13.4. The molecular formula is C17H22N4. The number of nitrogens with zero attached hydrogens (tertiary/aromatic N) is 3. The largest absolute Gasteiger partial charge is 0.368 e. The third kappa shape index (κ3) is 2.89. The predicted molar refractivity (Wildman–Crippen MR) is 84.1 cm³/mol. The van der Waals surface area contributed by atoms with Gasteiger partial charge in [-0.15, -0.1) is 0 Å². The molecule has 1 heterocycles. The van der Waals surface area contributed by atoms with E-state index in [1.807, 2.05) is 0 Å². The van der Waals surface area contributed by atoms with Crippen molar-refractivity contribution in [3.8, 4) is 0 Å². The van der Waals surface area contributed by atoms with Crippen LogP contribution < -0.4 is 5.73 Å². The molecule has 110 valence electrons. The third-order valence-electron chi connectivity index (χ3n) is 4.05. The van der Waals surface area contributed by atoms with Gasteiger partial charge in [-0.05, 0) is 30.4 Å². The maximum atomic E-state index is 5.90. The van der Waals surface area contributed by atoms with E-state index in [1.54, 1.807) is 0 Å². The van der Waals surface area contributed by atoms with Gasteiger partial charge in [0.1, 0.15) is 11.6 Å². The van der Waals surface area contributed by atoms with E-state index in [0.29, 0.717) is 11.9 Å².